The lowest BCUT2D eigenvalue weighted by Crippen LogP contribution is -2.27. The minimum atomic E-state index is -0.363. The van der Waals surface area contributed by atoms with Crippen molar-refractivity contribution in [2.24, 2.45) is 0 Å². The van der Waals surface area contributed by atoms with E-state index in [9.17, 15) is 9.59 Å². The summed E-state index contributed by atoms with van der Waals surface area (Å²) in [5.74, 6) is -0.363. The van der Waals surface area contributed by atoms with E-state index in [0.717, 1.165) is 10.4 Å². The number of anilines is 1. The number of nitrogens with one attached hydrogen (secondary N) is 1. The summed E-state index contributed by atoms with van der Waals surface area (Å²) in [6.45, 7) is -0.156. The fraction of sp³-hybridized carbons (Fsp3) is 0.0476. The zero-order valence-electron chi connectivity index (χ0n) is 14.6. The average molecular weight is 386 g/mol. The van der Waals surface area contributed by atoms with Crippen molar-refractivity contribution in [3.05, 3.63) is 82.9 Å². The van der Waals surface area contributed by atoms with E-state index < -0.39 is 0 Å². The van der Waals surface area contributed by atoms with Crippen LogP contribution in [0.3, 0.4) is 0 Å². The SMILES string of the molecule is N#Cc1cccc(NC(=O)Cn2cnc3cc(-c4ccccc4)sc3c2=O)c1. The maximum Gasteiger partial charge on any atom is 0.271 e. The predicted molar refractivity (Wildman–Crippen MR) is 109 cm³/mol. The van der Waals surface area contributed by atoms with E-state index in [0.29, 0.717) is 21.5 Å². The van der Waals surface area contributed by atoms with E-state index in [1.54, 1.807) is 24.3 Å². The number of hydrogen-bond donors (Lipinski definition) is 1. The predicted octanol–water partition coefficient (Wildman–Crippen LogP) is 3.64. The maximum atomic E-state index is 12.8. The van der Waals surface area contributed by atoms with Crippen LogP contribution < -0.4 is 10.9 Å². The van der Waals surface area contributed by atoms with Gasteiger partial charge in [0.15, 0.2) is 0 Å². The van der Waals surface area contributed by atoms with Crippen LogP contribution in [0.15, 0.2) is 71.8 Å². The number of benzene rings is 2. The molecule has 0 bridgehead atoms. The number of hydrogen-bond acceptors (Lipinski definition) is 5. The normalized spacial score (nSPS) is 10.5. The minimum Gasteiger partial charge on any atom is -0.324 e. The zero-order valence-corrected chi connectivity index (χ0v) is 15.4. The summed E-state index contributed by atoms with van der Waals surface area (Å²) in [5, 5.41) is 11.6. The number of fused-ring (bicyclic) bond motifs is 1. The summed E-state index contributed by atoms with van der Waals surface area (Å²) in [6, 6.07) is 20.3. The summed E-state index contributed by atoms with van der Waals surface area (Å²) in [6.07, 6.45) is 1.39. The Morgan fingerprint density at radius 1 is 1.14 bits per heavy atom. The maximum absolute atomic E-state index is 12.8. The fourth-order valence-electron chi connectivity index (χ4n) is 2.82. The molecule has 1 amide bonds. The van der Waals surface area contributed by atoms with E-state index in [2.05, 4.69) is 10.3 Å². The molecule has 2 heterocycles. The van der Waals surface area contributed by atoms with E-state index in [1.165, 1.54) is 22.2 Å². The standard InChI is InChI=1S/C21H14N4O2S/c22-11-14-5-4-8-16(9-14)24-19(26)12-25-13-23-17-10-18(28-20(17)21(25)27)15-6-2-1-3-7-15/h1-10,13H,12H2,(H,24,26). The number of carbonyl (C=O) groups excluding carboxylic acids is 1. The van der Waals surface area contributed by atoms with Crippen molar-refractivity contribution in [1.29, 1.82) is 5.26 Å². The molecule has 4 aromatic rings. The van der Waals surface area contributed by atoms with Crippen LogP contribution in [-0.2, 0) is 11.3 Å². The third-order valence-corrected chi connectivity index (χ3v) is 5.31. The average Bonchev–Trinajstić information content (AvgIpc) is 3.16. The molecule has 2 aromatic carbocycles. The molecule has 0 unspecified atom stereocenters. The molecule has 0 radical (unpaired) electrons. The largest absolute Gasteiger partial charge is 0.324 e. The van der Waals surface area contributed by atoms with Crippen LogP contribution in [0.4, 0.5) is 5.69 Å². The molecule has 0 fully saturated rings. The molecule has 1 N–H and O–H groups in total. The molecule has 6 nitrogen and oxygen atoms in total. The number of carbonyl (C=O) groups is 1. The fourth-order valence-corrected chi connectivity index (χ4v) is 3.89. The van der Waals surface area contributed by atoms with Gasteiger partial charge in [-0.3, -0.25) is 14.2 Å². The van der Waals surface area contributed by atoms with Gasteiger partial charge in [-0.25, -0.2) is 4.98 Å². The summed E-state index contributed by atoms with van der Waals surface area (Å²) >= 11 is 1.36. The van der Waals surface area contributed by atoms with Crippen LogP contribution >= 0.6 is 11.3 Å². The topological polar surface area (TPSA) is 87.8 Å². The van der Waals surface area contributed by atoms with Crippen LogP contribution in [0.1, 0.15) is 5.56 Å². The third-order valence-electron chi connectivity index (χ3n) is 4.15. The molecule has 0 spiro atoms. The van der Waals surface area contributed by atoms with Crippen molar-refractivity contribution in [2.45, 2.75) is 6.54 Å². The van der Waals surface area contributed by atoms with Crippen molar-refractivity contribution in [2.75, 3.05) is 5.32 Å². The Balaban J connectivity index is 1.59. The summed E-state index contributed by atoms with van der Waals surface area (Å²) in [5.41, 5.74) is 2.34. The molecule has 0 saturated heterocycles. The van der Waals surface area contributed by atoms with Gasteiger partial charge < -0.3 is 5.32 Å². The van der Waals surface area contributed by atoms with Crippen molar-refractivity contribution < 1.29 is 4.79 Å². The molecule has 0 aliphatic heterocycles. The first-order chi connectivity index (χ1) is 13.6. The summed E-state index contributed by atoms with van der Waals surface area (Å²) in [7, 11) is 0. The van der Waals surface area contributed by atoms with Crippen LogP contribution in [0, 0.1) is 11.3 Å². The van der Waals surface area contributed by atoms with Crippen LogP contribution in [-0.4, -0.2) is 15.5 Å². The zero-order chi connectivity index (χ0) is 19.5. The van der Waals surface area contributed by atoms with Crippen LogP contribution in [0.2, 0.25) is 0 Å². The lowest BCUT2D eigenvalue weighted by Gasteiger charge is -2.07. The van der Waals surface area contributed by atoms with Crippen molar-refractivity contribution in [3.8, 4) is 16.5 Å². The Morgan fingerprint density at radius 3 is 2.75 bits per heavy atom. The number of rotatable bonds is 4. The molecule has 28 heavy (non-hydrogen) atoms. The van der Waals surface area contributed by atoms with Crippen molar-refractivity contribution in [3.63, 3.8) is 0 Å². The number of nitriles is 1. The Bertz CT molecular complexity index is 1270. The Hall–Kier alpha value is -3.76. The van der Waals surface area contributed by atoms with Gasteiger partial charge in [0.1, 0.15) is 11.2 Å². The van der Waals surface area contributed by atoms with Crippen LogP contribution in [0.25, 0.3) is 20.7 Å². The van der Waals surface area contributed by atoms with Gasteiger partial charge in [0.25, 0.3) is 5.56 Å². The molecule has 0 atom stereocenters. The number of thiophene rings is 1. The molecular formula is C21H14N4O2S. The smallest absolute Gasteiger partial charge is 0.271 e. The highest BCUT2D eigenvalue weighted by Crippen LogP contribution is 2.30. The number of amides is 1. The third kappa shape index (κ3) is 3.54. The quantitative estimate of drug-likeness (QED) is 0.580. The second kappa shape index (κ2) is 7.47. The van der Waals surface area contributed by atoms with Gasteiger partial charge >= 0.3 is 0 Å². The van der Waals surface area contributed by atoms with Gasteiger partial charge in [-0.1, -0.05) is 36.4 Å². The molecule has 2 aromatic heterocycles. The first kappa shape index (κ1) is 17.6. The Kier molecular flexibility index (Phi) is 4.70. The summed E-state index contributed by atoms with van der Waals surface area (Å²) < 4.78 is 1.80. The molecule has 0 aliphatic carbocycles. The molecule has 4 rings (SSSR count). The Labute approximate surface area is 164 Å². The lowest BCUT2D eigenvalue weighted by molar-refractivity contribution is -0.116. The van der Waals surface area contributed by atoms with Gasteiger partial charge in [0.05, 0.1) is 23.5 Å². The molecule has 136 valence electrons. The lowest BCUT2D eigenvalue weighted by atomic mass is 10.2. The summed E-state index contributed by atoms with van der Waals surface area (Å²) in [4.78, 5) is 30.4. The van der Waals surface area contributed by atoms with Crippen LogP contribution in [0.5, 0.6) is 0 Å². The van der Waals surface area contributed by atoms with E-state index in [-0.39, 0.29) is 18.0 Å². The van der Waals surface area contributed by atoms with E-state index >= 15 is 0 Å². The second-order valence-electron chi connectivity index (χ2n) is 6.11. The molecule has 0 saturated carbocycles. The highest BCUT2D eigenvalue weighted by Gasteiger charge is 2.12. The molecule has 0 aliphatic rings. The minimum absolute atomic E-state index is 0.156. The molecule has 7 heteroatoms. The first-order valence-corrected chi connectivity index (χ1v) is 9.30. The van der Waals surface area contributed by atoms with Crippen molar-refractivity contribution >= 4 is 33.1 Å². The van der Waals surface area contributed by atoms with Gasteiger partial charge in [-0.15, -0.1) is 11.3 Å². The number of aromatic nitrogens is 2. The first-order valence-electron chi connectivity index (χ1n) is 8.48. The van der Waals surface area contributed by atoms with Gasteiger partial charge in [0, 0.05) is 10.6 Å². The highest BCUT2D eigenvalue weighted by molar-refractivity contribution is 7.22. The van der Waals surface area contributed by atoms with E-state index in [4.69, 9.17) is 5.26 Å². The van der Waals surface area contributed by atoms with Gasteiger partial charge in [0.2, 0.25) is 5.91 Å². The number of nitrogens with zero attached hydrogens (tertiary/aromatic N) is 3. The molecular weight excluding hydrogens is 372 g/mol. The van der Waals surface area contributed by atoms with Gasteiger partial charge in [-0.05, 0) is 29.8 Å². The van der Waals surface area contributed by atoms with Gasteiger partial charge in [-0.2, -0.15) is 5.26 Å². The highest BCUT2D eigenvalue weighted by atomic mass is 32.1. The second-order valence-corrected chi connectivity index (χ2v) is 7.16. The monoisotopic (exact) mass is 386 g/mol. The van der Waals surface area contributed by atoms with E-state index in [1.807, 2.05) is 42.5 Å². The van der Waals surface area contributed by atoms with Crippen molar-refractivity contribution in [1.82, 2.24) is 9.55 Å². The Morgan fingerprint density at radius 2 is 1.96 bits per heavy atom.